The summed E-state index contributed by atoms with van der Waals surface area (Å²) in [4.78, 5) is 19.0. The van der Waals surface area contributed by atoms with Gasteiger partial charge in [0.1, 0.15) is 5.01 Å². The molecule has 1 saturated heterocycles. The second kappa shape index (κ2) is 6.49. The van der Waals surface area contributed by atoms with E-state index in [4.69, 9.17) is 4.98 Å². The van der Waals surface area contributed by atoms with Crippen LogP contribution in [0.15, 0.2) is 47.4 Å². The summed E-state index contributed by atoms with van der Waals surface area (Å²) in [5.74, 6) is 0.505. The first kappa shape index (κ1) is 15.5. The second-order valence-corrected chi connectivity index (χ2v) is 7.65. The Balaban J connectivity index is 1.40. The van der Waals surface area contributed by atoms with Crippen molar-refractivity contribution in [3.8, 4) is 0 Å². The number of para-hydroxylation sites is 1. The summed E-state index contributed by atoms with van der Waals surface area (Å²) in [6.45, 7) is 3.06. The topological polar surface area (TPSA) is 38.1 Å². The fourth-order valence-electron chi connectivity index (χ4n) is 3.42. The lowest BCUT2D eigenvalue weighted by Crippen LogP contribution is -2.32. The standard InChI is InChI=1S/C19H21N3OS/c1-21-9-6-15(12-19(21)23)14-7-10-22(11-8-14)13-18-20-16-4-2-3-5-17(16)24-18/h2-6,9,12,14H,7-8,10-11,13H2,1H3. The van der Waals surface area contributed by atoms with E-state index < -0.39 is 0 Å². The summed E-state index contributed by atoms with van der Waals surface area (Å²) < 4.78 is 2.90. The lowest BCUT2D eigenvalue weighted by molar-refractivity contribution is 0.204. The number of piperidine rings is 1. The maximum absolute atomic E-state index is 11.8. The highest BCUT2D eigenvalue weighted by molar-refractivity contribution is 7.18. The number of benzene rings is 1. The predicted octanol–water partition coefficient (Wildman–Crippen LogP) is 3.37. The van der Waals surface area contributed by atoms with E-state index >= 15 is 0 Å². The third-order valence-electron chi connectivity index (χ3n) is 4.88. The Kier molecular flexibility index (Phi) is 4.21. The Labute approximate surface area is 145 Å². The van der Waals surface area contributed by atoms with Crippen molar-refractivity contribution in [3.63, 3.8) is 0 Å². The van der Waals surface area contributed by atoms with Crippen molar-refractivity contribution < 1.29 is 0 Å². The number of thiazole rings is 1. The number of fused-ring (bicyclic) bond motifs is 1. The zero-order chi connectivity index (χ0) is 16.5. The molecule has 0 N–H and O–H groups in total. The van der Waals surface area contributed by atoms with Crippen LogP contribution >= 0.6 is 11.3 Å². The van der Waals surface area contributed by atoms with Crippen molar-refractivity contribution in [2.75, 3.05) is 13.1 Å². The zero-order valence-corrected chi connectivity index (χ0v) is 14.6. The molecule has 1 fully saturated rings. The minimum atomic E-state index is 0.0874. The Morgan fingerprint density at radius 1 is 1.21 bits per heavy atom. The first-order chi connectivity index (χ1) is 11.7. The molecule has 124 valence electrons. The minimum absolute atomic E-state index is 0.0874. The van der Waals surface area contributed by atoms with Crippen molar-refractivity contribution >= 4 is 21.6 Å². The molecule has 0 bridgehead atoms. The van der Waals surface area contributed by atoms with E-state index in [9.17, 15) is 4.79 Å². The van der Waals surface area contributed by atoms with E-state index in [0.29, 0.717) is 5.92 Å². The molecule has 4 nitrogen and oxygen atoms in total. The maximum atomic E-state index is 11.8. The number of aryl methyl sites for hydroxylation is 1. The Morgan fingerprint density at radius 3 is 2.75 bits per heavy atom. The number of nitrogens with zero attached hydrogens (tertiary/aromatic N) is 3. The molecule has 1 aliphatic rings. The van der Waals surface area contributed by atoms with Gasteiger partial charge in [-0.15, -0.1) is 11.3 Å². The lowest BCUT2D eigenvalue weighted by Gasteiger charge is -2.31. The van der Waals surface area contributed by atoms with Crippen LogP contribution in [-0.4, -0.2) is 27.5 Å². The van der Waals surface area contributed by atoms with E-state index in [0.717, 1.165) is 38.0 Å². The molecule has 1 aromatic carbocycles. The molecule has 24 heavy (non-hydrogen) atoms. The molecule has 3 aromatic rings. The first-order valence-corrected chi connectivity index (χ1v) is 9.24. The first-order valence-electron chi connectivity index (χ1n) is 8.42. The molecule has 3 heterocycles. The second-order valence-electron chi connectivity index (χ2n) is 6.53. The summed E-state index contributed by atoms with van der Waals surface area (Å²) in [5.41, 5.74) is 2.38. The minimum Gasteiger partial charge on any atom is -0.319 e. The van der Waals surface area contributed by atoms with Crippen molar-refractivity contribution in [2.24, 2.45) is 7.05 Å². The highest BCUT2D eigenvalue weighted by Crippen LogP contribution is 2.29. The lowest BCUT2D eigenvalue weighted by atomic mass is 9.90. The Bertz CT molecular complexity index is 873. The number of likely N-dealkylation sites (tertiary alicyclic amines) is 1. The van der Waals surface area contributed by atoms with E-state index in [1.165, 1.54) is 15.3 Å². The summed E-state index contributed by atoms with van der Waals surface area (Å²) in [5, 5.41) is 1.20. The van der Waals surface area contributed by atoms with E-state index in [1.54, 1.807) is 29.0 Å². The largest absolute Gasteiger partial charge is 0.319 e. The molecule has 2 aromatic heterocycles. The number of hydrogen-bond donors (Lipinski definition) is 0. The van der Waals surface area contributed by atoms with Gasteiger partial charge in [0, 0.05) is 19.3 Å². The molecular weight excluding hydrogens is 318 g/mol. The zero-order valence-electron chi connectivity index (χ0n) is 13.8. The molecule has 0 atom stereocenters. The average molecular weight is 339 g/mol. The number of pyridine rings is 1. The van der Waals surface area contributed by atoms with Gasteiger partial charge < -0.3 is 4.57 Å². The molecular formula is C19H21N3OS. The fourth-order valence-corrected chi connectivity index (χ4v) is 4.43. The van der Waals surface area contributed by atoms with Crippen molar-refractivity contribution in [3.05, 3.63) is 63.5 Å². The van der Waals surface area contributed by atoms with Gasteiger partial charge in [-0.3, -0.25) is 9.69 Å². The predicted molar refractivity (Wildman–Crippen MR) is 98.6 cm³/mol. The van der Waals surface area contributed by atoms with Gasteiger partial charge >= 0.3 is 0 Å². The number of rotatable bonds is 3. The number of aromatic nitrogens is 2. The smallest absolute Gasteiger partial charge is 0.250 e. The molecule has 0 spiro atoms. The molecule has 0 radical (unpaired) electrons. The van der Waals surface area contributed by atoms with Gasteiger partial charge in [0.25, 0.3) is 5.56 Å². The summed E-state index contributed by atoms with van der Waals surface area (Å²) in [6.07, 6.45) is 4.10. The third kappa shape index (κ3) is 3.14. The molecule has 0 unspecified atom stereocenters. The molecule has 5 heteroatoms. The van der Waals surface area contributed by atoms with Crippen LogP contribution in [0.25, 0.3) is 10.2 Å². The van der Waals surface area contributed by atoms with E-state index in [-0.39, 0.29) is 5.56 Å². The van der Waals surface area contributed by atoms with Gasteiger partial charge in [0.15, 0.2) is 0 Å². The monoisotopic (exact) mass is 339 g/mol. The maximum Gasteiger partial charge on any atom is 0.250 e. The molecule has 0 amide bonds. The van der Waals surface area contributed by atoms with Crippen LogP contribution in [0.5, 0.6) is 0 Å². The van der Waals surface area contributed by atoms with E-state index in [2.05, 4.69) is 29.2 Å². The van der Waals surface area contributed by atoms with Crippen LogP contribution in [0.3, 0.4) is 0 Å². The van der Waals surface area contributed by atoms with Crippen molar-refractivity contribution in [1.82, 2.24) is 14.5 Å². The summed E-state index contributed by atoms with van der Waals surface area (Å²) in [7, 11) is 1.80. The van der Waals surface area contributed by atoms with Gasteiger partial charge in [0.2, 0.25) is 0 Å². The van der Waals surface area contributed by atoms with Gasteiger partial charge in [0.05, 0.1) is 16.8 Å². The SMILES string of the molecule is Cn1ccc(C2CCN(Cc3nc4ccccc4s3)CC2)cc1=O. The number of hydrogen-bond acceptors (Lipinski definition) is 4. The van der Waals surface area contributed by atoms with Crippen LogP contribution < -0.4 is 5.56 Å². The normalized spacial score (nSPS) is 16.7. The molecule has 0 saturated carbocycles. The average Bonchev–Trinajstić information content (AvgIpc) is 3.00. The van der Waals surface area contributed by atoms with Crippen molar-refractivity contribution in [1.29, 1.82) is 0 Å². The quantitative estimate of drug-likeness (QED) is 0.734. The van der Waals surface area contributed by atoms with Crippen LogP contribution in [-0.2, 0) is 13.6 Å². The van der Waals surface area contributed by atoms with Crippen LogP contribution in [0.1, 0.15) is 29.3 Å². The molecule has 0 aliphatic carbocycles. The highest BCUT2D eigenvalue weighted by atomic mass is 32.1. The van der Waals surface area contributed by atoms with E-state index in [1.807, 2.05) is 12.3 Å². The van der Waals surface area contributed by atoms with Crippen LogP contribution in [0, 0.1) is 0 Å². The third-order valence-corrected chi connectivity index (χ3v) is 5.91. The van der Waals surface area contributed by atoms with Gasteiger partial charge in [-0.25, -0.2) is 4.98 Å². The van der Waals surface area contributed by atoms with Gasteiger partial charge in [-0.2, -0.15) is 0 Å². The highest BCUT2D eigenvalue weighted by Gasteiger charge is 2.21. The fraction of sp³-hybridized carbons (Fsp3) is 0.368. The van der Waals surface area contributed by atoms with Crippen LogP contribution in [0.2, 0.25) is 0 Å². The molecule has 1 aliphatic heterocycles. The Hall–Kier alpha value is -1.98. The van der Waals surface area contributed by atoms with Gasteiger partial charge in [-0.05, 0) is 55.6 Å². The van der Waals surface area contributed by atoms with Gasteiger partial charge in [-0.1, -0.05) is 12.1 Å². The van der Waals surface area contributed by atoms with Crippen LogP contribution in [0.4, 0.5) is 0 Å². The summed E-state index contributed by atoms with van der Waals surface area (Å²) >= 11 is 1.79. The molecule has 4 rings (SSSR count). The summed E-state index contributed by atoms with van der Waals surface area (Å²) in [6, 6.07) is 12.2. The van der Waals surface area contributed by atoms with Crippen molar-refractivity contribution in [2.45, 2.75) is 25.3 Å². The Morgan fingerprint density at radius 2 is 2.00 bits per heavy atom.